The van der Waals surface area contributed by atoms with Gasteiger partial charge in [0.05, 0.1) is 28.1 Å². The Bertz CT molecular complexity index is 2990. The molecule has 0 spiro atoms. The number of fused-ring (bicyclic) bond motifs is 3. The first-order chi connectivity index (χ1) is 28.3. The number of pyridine rings is 1. The third-order valence-corrected chi connectivity index (χ3v) is 11.3. The minimum Gasteiger partial charge on any atom is -0.458 e. The van der Waals surface area contributed by atoms with Gasteiger partial charge in [-0.3, -0.25) is 13.7 Å². The molecule has 0 N–H and O–H groups in total. The molecule has 6 aromatic carbocycles. The molecular weight excluding hydrogens is 721 g/mol. The molecule has 9 rings (SSSR count). The highest BCUT2D eigenvalue weighted by Gasteiger charge is 2.24. The van der Waals surface area contributed by atoms with Crippen LogP contribution < -0.4 is 9.30 Å². The number of rotatable bonds is 7. The number of ether oxygens (including phenoxy) is 1. The van der Waals surface area contributed by atoms with Crippen molar-refractivity contribution in [2.24, 2.45) is 0 Å². The third kappa shape index (κ3) is 7.23. The Hall–Kier alpha value is -6.72. The normalized spacial score (nSPS) is 12.1. The lowest BCUT2D eigenvalue weighted by molar-refractivity contribution is -0.599. The maximum Gasteiger partial charge on any atom is 0.269 e. The van der Waals surface area contributed by atoms with Gasteiger partial charge in [-0.1, -0.05) is 120 Å². The summed E-state index contributed by atoms with van der Waals surface area (Å²) in [6.07, 6.45) is 7.88. The zero-order valence-corrected chi connectivity index (χ0v) is 35.2. The molecule has 0 saturated carbocycles. The van der Waals surface area contributed by atoms with Crippen LogP contribution in [-0.2, 0) is 10.8 Å². The van der Waals surface area contributed by atoms with Gasteiger partial charge in [-0.15, -0.1) is 0 Å². The number of hydrogen-bond acceptors (Lipinski definition) is 2. The van der Waals surface area contributed by atoms with Gasteiger partial charge < -0.3 is 4.74 Å². The van der Waals surface area contributed by atoms with Crippen LogP contribution in [0, 0.1) is 20.2 Å². The van der Waals surface area contributed by atoms with Crippen molar-refractivity contribution in [3.05, 3.63) is 187 Å². The Kier molecular flexibility index (Phi) is 9.35. The number of imidazole rings is 1. The molecule has 0 aliphatic heterocycles. The number of para-hydroxylation sites is 1. The van der Waals surface area contributed by atoms with Crippen molar-refractivity contribution in [2.75, 3.05) is 0 Å². The van der Waals surface area contributed by atoms with E-state index in [0.29, 0.717) is 0 Å². The average Bonchev–Trinajstić information content (AvgIpc) is 3.82. The van der Waals surface area contributed by atoms with Gasteiger partial charge in [0.1, 0.15) is 17.3 Å². The van der Waals surface area contributed by atoms with Gasteiger partial charge in [0.2, 0.25) is 0 Å². The number of nitrogens with zero attached hydrogens (tertiary/aromatic N) is 4. The van der Waals surface area contributed by atoms with Crippen LogP contribution in [0.2, 0.25) is 0 Å². The first-order valence-corrected chi connectivity index (χ1v) is 20.4. The maximum absolute atomic E-state index is 6.97. The lowest BCUT2D eigenvalue weighted by atomic mass is 9.88. The topological polar surface area (TPSA) is 35.9 Å². The molecule has 0 aliphatic rings. The molecular formula is C54H50N4O. The van der Waals surface area contributed by atoms with Gasteiger partial charge in [0.25, 0.3) is 6.33 Å². The van der Waals surface area contributed by atoms with E-state index in [1.807, 2.05) is 6.20 Å². The van der Waals surface area contributed by atoms with Crippen molar-refractivity contribution in [3.8, 4) is 50.9 Å². The molecule has 0 atom stereocenters. The van der Waals surface area contributed by atoms with E-state index in [-0.39, 0.29) is 10.8 Å². The molecule has 5 nitrogen and oxygen atoms in total. The van der Waals surface area contributed by atoms with Crippen LogP contribution in [0.1, 0.15) is 63.9 Å². The number of aromatic nitrogens is 4. The summed E-state index contributed by atoms with van der Waals surface area (Å²) < 4.78 is 13.6. The van der Waals surface area contributed by atoms with E-state index in [2.05, 4.69) is 227 Å². The van der Waals surface area contributed by atoms with Crippen LogP contribution in [0.15, 0.2) is 158 Å². The second-order valence-electron chi connectivity index (χ2n) is 17.8. The van der Waals surface area contributed by atoms with Crippen molar-refractivity contribution >= 4 is 21.8 Å². The molecule has 0 saturated heterocycles. The molecule has 0 bridgehead atoms. The molecule has 5 heteroatoms. The molecule has 0 fully saturated rings. The maximum atomic E-state index is 6.97. The van der Waals surface area contributed by atoms with Crippen molar-refractivity contribution in [2.45, 2.75) is 66.2 Å². The Morgan fingerprint density at radius 3 is 2.05 bits per heavy atom. The molecule has 3 heterocycles. The number of aryl methyl sites for hydroxylation is 2. The fraction of sp³-hybridized carbons (Fsp3) is 0.185. The largest absolute Gasteiger partial charge is 0.458 e. The Balaban J connectivity index is 1.20. The van der Waals surface area contributed by atoms with Crippen LogP contribution in [0.4, 0.5) is 0 Å². The molecule has 0 aliphatic carbocycles. The van der Waals surface area contributed by atoms with Crippen LogP contribution in [0.3, 0.4) is 0 Å². The Morgan fingerprint density at radius 2 is 1.29 bits per heavy atom. The van der Waals surface area contributed by atoms with Gasteiger partial charge in [0, 0.05) is 29.2 Å². The summed E-state index contributed by atoms with van der Waals surface area (Å²) >= 11 is 0. The van der Waals surface area contributed by atoms with E-state index in [9.17, 15) is 0 Å². The highest BCUT2D eigenvalue weighted by molar-refractivity contribution is 6.09. The van der Waals surface area contributed by atoms with Gasteiger partial charge in [-0.05, 0) is 124 Å². The quantitative estimate of drug-likeness (QED) is 0.120. The average molecular weight is 771 g/mol. The van der Waals surface area contributed by atoms with E-state index >= 15 is 0 Å². The lowest BCUT2D eigenvalue weighted by Gasteiger charge is -2.22. The summed E-state index contributed by atoms with van der Waals surface area (Å²) in [6, 6.07) is 51.5. The zero-order chi connectivity index (χ0) is 41.1. The summed E-state index contributed by atoms with van der Waals surface area (Å²) in [7, 11) is 0. The van der Waals surface area contributed by atoms with Gasteiger partial charge in [0.15, 0.2) is 0 Å². The predicted molar refractivity (Wildman–Crippen MR) is 243 cm³/mol. The van der Waals surface area contributed by atoms with Gasteiger partial charge in [-0.25, -0.2) is 4.98 Å². The third-order valence-electron chi connectivity index (χ3n) is 11.3. The SMILES string of the molecule is Cc1cccc(C)c1-c1cc(Oc2ccc3c4ccccc4n(-c4cc(C(C)(C)C)ccn4)c3c2)cc(-n2[c-][n+](-c3cccc(-c4ccccc4)c3)cc2C(C)(C)C)c1. The van der Waals surface area contributed by atoms with E-state index < -0.39 is 0 Å². The smallest absolute Gasteiger partial charge is 0.269 e. The molecule has 292 valence electrons. The first kappa shape index (κ1) is 37.8. The zero-order valence-electron chi connectivity index (χ0n) is 35.2. The second-order valence-corrected chi connectivity index (χ2v) is 17.8. The first-order valence-electron chi connectivity index (χ1n) is 20.4. The summed E-state index contributed by atoms with van der Waals surface area (Å²) in [5, 5.41) is 2.33. The van der Waals surface area contributed by atoms with Crippen molar-refractivity contribution in [1.29, 1.82) is 0 Å². The molecule has 9 aromatic rings. The van der Waals surface area contributed by atoms with Gasteiger partial charge in [-0.2, -0.15) is 0 Å². The fourth-order valence-electron chi connectivity index (χ4n) is 8.28. The Morgan fingerprint density at radius 1 is 0.576 bits per heavy atom. The molecule has 0 unspecified atom stereocenters. The van der Waals surface area contributed by atoms with Crippen LogP contribution in [0.5, 0.6) is 11.5 Å². The van der Waals surface area contributed by atoms with E-state index in [0.717, 1.165) is 61.9 Å². The fourth-order valence-corrected chi connectivity index (χ4v) is 8.28. The highest BCUT2D eigenvalue weighted by atomic mass is 16.5. The summed E-state index contributed by atoms with van der Waals surface area (Å²) in [5.41, 5.74) is 13.4. The summed E-state index contributed by atoms with van der Waals surface area (Å²) in [4.78, 5) is 4.90. The predicted octanol–water partition coefficient (Wildman–Crippen LogP) is 13.4. The van der Waals surface area contributed by atoms with Crippen molar-refractivity contribution in [3.63, 3.8) is 0 Å². The minimum absolute atomic E-state index is 0.0155. The van der Waals surface area contributed by atoms with Gasteiger partial charge >= 0.3 is 0 Å². The second kappa shape index (κ2) is 14.6. The van der Waals surface area contributed by atoms with E-state index in [1.165, 1.54) is 33.2 Å². The van der Waals surface area contributed by atoms with Crippen LogP contribution in [-0.4, -0.2) is 14.1 Å². The Labute approximate surface area is 347 Å². The van der Waals surface area contributed by atoms with E-state index in [4.69, 9.17) is 9.72 Å². The summed E-state index contributed by atoms with van der Waals surface area (Å²) in [5.74, 6) is 2.38. The lowest BCUT2D eigenvalue weighted by Crippen LogP contribution is -2.28. The number of benzene rings is 6. The summed E-state index contributed by atoms with van der Waals surface area (Å²) in [6.45, 7) is 17.8. The van der Waals surface area contributed by atoms with Crippen LogP contribution >= 0.6 is 0 Å². The monoisotopic (exact) mass is 770 g/mol. The molecule has 59 heavy (non-hydrogen) atoms. The van der Waals surface area contributed by atoms with Crippen LogP contribution in [0.25, 0.3) is 61.3 Å². The molecule has 0 amide bonds. The standard InChI is InChI=1S/C54H50N4O/c1-36-16-14-17-37(2)52(36)40-29-43(57-35-56(34-50(57)54(6,7)8)42-21-15-20-39(28-42)38-18-10-9-11-19-38)32-45(30-40)59-44-24-25-47-46-22-12-13-23-48(46)58(49(47)33-44)51-31-41(26-27-55-51)53(3,4)5/h9-34H,1-8H3. The molecule has 0 radical (unpaired) electrons. The van der Waals surface area contributed by atoms with E-state index in [1.54, 1.807) is 0 Å². The molecule has 3 aromatic heterocycles. The van der Waals surface area contributed by atoms with Crippen molar-refractivity contribution < 1.29 is 9.30 Å². The van der Waals surface area contributed by atoms with Crippen molar-refractivity contribution in [1.82, 2.24) is 14.1 Å². The minimum atomic E-state index is -0.189. The highest BCUT2D eigenvalue weighted by Crippen LogP contribution is 2.39. The number of hydrogen-bond donors (Lipinski definition) is 0.